The average Bonchev–Trinajstić information content (AvgIpc) is 2.83. The summed E-state index contributed by atoms with van der Waals surface area (Å²) < 4.78 is 9.84. The van der Waals surface area contributed by atoms with Crippen molar-refractivity contribution < 1.29 is 14.1 Å². The van der Waals surface area contributed by atoms with Gasteiger partial charge in [-0.05, 0) is 12.1 Å². The standard InChI is InChI=1S/C11H10N2O3/c1-15-9-5-3-2-4-8(9)13-11(14)10-6-7-12-16-10/h2-7H,1H3,(H,13,14). The summed E-state index contributed by atoms with van der Waals surface area (Å²) in [4.78, 5) is 11.6. The number of nitrogens with one attached hydrogen (secondary N) is 1. The van der Waals surface area contributed by atoms with Crippen LogP contribution in [0.5, 0.6) is 5.75 Å². The number of ether oxygens (including phenoxy) is 1. The predicted octanol–water partition coefficient (Wildman–Crippen LogP) is 1.94. The van der Waals surface area contributed by atoms with Crippen LogP contribution in [-0.2, 0) is 0 Å². The number of methoxy groups -OCH3 is 1. The van der Waals surface area contributed by atoms with Crippen LogP contribution < -0.4 is 10.1 Å². The third kappa shape index (κ3) is 2.03. The fraction of sp³-hybridized carbons (Fsp3) is 0.0909. The number of nitrogens with zero attached hydrogens (tertiary/aromatic N) is 1. The molecule has 1 N–H and O–H groups in total. The molecule has 0 saturated carbocycles. The molecule has 82 valence electrons. The molecule has 2 rings (SSSR count). The van der Waals surface area contributed by atoms with Crippen molar-refractivity contribution >= 4 is 11.6 Å². The molecule has 16 heavy (non-hydrogen) atoms. The summed E-state index contributed by atoms with van der Waals surface area (Å²) in [6, 6.07) is 8.62. The van der Waals surface area contributed by atoms with E-state index >= 15 is 0 Å². The Morgan fingerprint density at radius 3 is 2.88 bits per heavy atom. The Hall–Kier alpha value is -2.30. The van der Waals surface area contributed by atoms with Crippen LogP contribution in [0.1, 0.15) is 10.6 Å². The largest absolute Gasteiger partial charge is 0.495 e. The molecule has 0 radical (unpaired) electrons. The van der Waals surface area contributed by atoms with Crippen molar-refractivity contribution in [2.75, 3.05) is 12.4 Å². The Morgan fingerprint density at radius 1 is 1.38 bits per heavy atom. The van der Waals surface area contributed by atoms with Crippen LogP contribution in [0.4, 0.5) is 5.69 Å². The van der Waals surface area contributed by atoms with Gasteiger partial charge in [0, 0.05) is 6.07 Å². The van der Waals surface area contributed by atoms with Crippen LogP contribution in [0.2, 0.25) is 0 Å². The molecule has 1 heterocycles. The molecule has 0 atom stereocenters. The van der Waals surface area contributed by atoms with Gasteiger partial charge in [-0.3, -0.25) is 4.79 Å². The van der Waals surface area contributed by atoms with E-state index in [2.05, 4.69) is 10.5 Å². The molecule has 1 aromatic carbocycles. The number of hydrogen-bond donors (Lipinski definition) is 1. The summed E-state index contributed by atoms with van der Waals surface area (Å²) >= 11 is 0. The lowest BCUT2D eigenvalue weighted by Crippen LogP contribution is -2.11. The lowest BCUT2D eigenvalue weighted by atomic mass is 10.3. The van der Waals surface area contributed by atoms with Gasteiger partial charge in [-0.2, -0.15) is 0 Å². The number of benzene rings is 1. The van der Waals surface area contributed by atoms with E-state index in [9.17, 15) is 4.79 Å². The Morgan fingerprint density at radius 2 is 2.19 bits per heavy atom. The zero-order valence-corrected chi connectivity index (χ0v) is 8.64. The quantitative estimate of drug-likeness (QED) is 0.854. The highest BCUT2D eigenvalue weighted by Crippen LogP contribution is 2.23. The van der Waals surface area contributed by atoms with Crippen LogP contribution >= 0.6 is 0 Å². The number of amides is 1. The number of carbonyl (C=O) groups is 1. The number of carbonyl (C=O) groups excluding carboxylic acids is 1. The summed E-state index contributed by atoms with van der Waals surface area (Å²) in [5, 5.41) is 6.13. The molecule has 2 aromatic rings. The number of rotatable bonds is 3. The lowest BCUT2D eigenvalue weighted by molar-refractivity contribution is 0.0987. The van der Waals surface area contributed by atoms with Crippen LogP contribution in [0, 0.1) is 0 Å². The van der Waals surface area contributed by atoms with Crippen molar-refractivity contribution in [3.05, 3.63) is 42.3 Å². The van der Waals surface area contributed by atoms with Crippen molar-refractivity contribution in [3.8, 4) is 5.75 Å². The molecule has 0 bridgehead atoms. The first-order valence-electron chi connectivity index (χ1n) is 4.66. The SMILES string of the molecule is COc1ccccc1NC(=O)c1ccno1. The summed E-state index contributed by atoms with van der Waals surface area (Å²) in [6.07, 6.45) is 1.41. The first-order chi connectivity index (χ1) is 7.81. The van der Waals surface area contributed by atoms with Crippen LogP contribution in [0.3, 0.4) is 0 Å². The number of hydrogen-bond acceptors (Lipinski definition) is 4. The van der Waals surface area contributed by atoms with Gasteiger partial charge in [0.1, 0.15) is 5.75 Å². The van der Waals surface area contributed by atoms with Gasteiger partial charge in [0.25, 0.3) is 5.91 Å². The van der Waals surface area contributed by atoms with Crippen molar-refractivity contribution in [1.29, 1.82) is 0 Å². The summed E-state index contributed by atoms with van der Waals surface area (Å²) in [5.41, 5.74) is 0.589. The second-order valence-corrected chi connectivity index (χ2v) is 3.03. The minimum atomic E-state index is -0.359. The predicted molar refractivity (Wildman–Crippen MR) is 57.5 cm³/mol. The van der Waals surface area contributed by atoms with Crippen LogP contribution in [0.25, 0.3) is 0 Å². The highest BCUT2D eigenvalue weighted by Gasteiger charge is 2.11. The maximum atomic E-state index is 11.6. The van der Waals surface area contributed by atoms with Crippen molar-refractivity contribution in [2.24, 2.45) is 0 Å². The molecule has 1 aromatic heterocycles. The van der Waals surface area contributed by atoms with Crippen molar-refractivity contribution in [1.82, 2.24) is 5.16 Å². The molecule has 5 nitrogen and oxygen atoms in total. The number of para-hydroxylation sites is 2. The zero-order chi connectivity index (χ0) is 11.4. The average molecular weight is 218 g/mol. The molecule has 0 spiro atoms. The van der Waals surface area contributed by atoms with E-state index in [1.54, 1.807) is 25.3 Å². The topological polar surface area (TPSA) is 64.4 Å². The van der Waals surface area contributed by atoms with E-state index in [-0.39, 0.29) is 11.7 Å². The van der Waals surface area contributed by atoms with E-state index in [1.165, 1.54) is 12.3 Å². The maximum Gasteiger partial charge on any atom is 0.294 e. The molecule has 0 aliphatic rings. The van der Waals surface area contributed by atoms with E-state index in [0.29, 0.717) is 11.4 Å². The second-order valence-electron chi connectivity index (χ2n) is 3.03. The van der Waals surface area contributed by atoms with E-state index in [1.807, 2.05) is 6.07 Å². The van der Waals surface area contributed by atoms with Gasteiger partial charge in [-0.15, -0.1) is 0 Å². The maximum absolute atomic E-state index is 11.6. The van der Waals surface area contributed by atoms with Gasteiger partial charge in [0.05, 0.1) is 19.0 Å². The minimum absolute atomic E-state index is 0.158. The summed E-state index contributed by atoms with van der Waals surface area (Å²) in [7, 11) is 1.54. The Kier molecular flexibility index (Phi) is 2.86. The Balaban J connectivity index is 2.18. The van der Waals surface area contributed by atoms with Gasteiger partial charge >= 0.3 is 0 Å². The molecular weight excluding hydrogens is 208 g/mol. The van der Waals surface area contributed by atoms with E-state index in [0.717, 1.165) is 0 Å². The smallest absolute Gasteiger partial charge is 0.294 e. The number of aromatic nitrogens is 1. The molecule has 0 aliphatic heterocycles. The Bertz CT molecular complexity index is 480. The summed E-state index contributed by atoms with van der Waals surface area (Å²) in [6.45, 7) is 0. The third-order valence-corrected chi connectivity index (χ3v) is 2.02. The monoisotopic (exact) mass is 218 g/mol. The van der Waals surface area contributed by atoms with E-state index < -0.39 is 0 Å². The molecule has 0 unspecified atom stereocenters. The van der Waals surface area contributed by atoms with E-state index in [4.69, 9.17) is 9.26 Å². The van der Waals surface area contributed by atoms with Gasteiger partial charge in [0.2, 0.25) is 5.76 Å². The molecular formula is C11H10N2O3. The van der Waals surface area contributed by atoms with Crippen LogP contribution in [0.15, 0.2) is 41.1 Å². The zero-order valence-electron chi connectivity index (χ0n) is 8.64. The first kappa shape index (κ1) is 10.2. The molecule has 0 fully saturated rings. The fourth-order valence-corrected chi connectivity index (χ4v) is 1.26. The third-order valence-electron chi connectivity index (χ3n) is 2.02. The van der Waals surface area contributed by atoms with Gasteiger partial charge < -0.3 is 14.6 Å². The van der Waals surface area contributed by atoms with Gasteiger partial charge in [-0.1, -0.05) is 17.3 Å². The second kappa shape index (κ2) is 4.48. The van der Waals surface area contributed by atoms with Crippen molar-refractivity contribution in [2.45, 2.75) is 0 Å². The molecule has 1 amide bonds. The highest BCUT2D eigenvalue weighted by atomic mass is 16.5. The lowest BCUT2D eigenvalue weighted by Gasteiger charge is -2.07. The fourth-order valence-electron chi connectivity index (χ4n) is 1.26. The van der Waals surface area contributed by atoms with Gasteiger partial charge in [0.15, 0.2) is 0 Å². The molecule has 5 heteroatoms. The molecule has 0 saturated heterocycles. The van der Waals surface area contributed by atoms with Gasteiger partial charge in [-0.25, -0.2) is 0 Å². The Labute approximate surface area is 92.0 Å². The summed E-state index contributed by atoms with van der Waals surface area (Å²) in [5.74, 6) is 0.392. The highest BCUT2D eigenvalue weighted by molar-refractivity contribution is 6.02. The normalized spacial score (nSPS) is 9.81. The first-order valence-corrected chi connectivity index (χ1v) is 4.66. The minimum Gasteiger partial charge on any atom is -0.495 e. The van der Waals surface area contributed by atoms with Crippen molar-refractivity contribution in [3.63, 3.8) is 0 Å². The molecule has 0 aliphatic carbocycles. The van der Waals surface area contributed by atoms with Crippen LogP contribution in [-0.4, -0.2) is 18.2 Å². The number of anilines is 1.